The maximum absolute atomic E-state index is 13.9. The van der Waals surface area contributed by atoms with Crippen molar-refractivity contribution in [2.24, 2.45) is 5.92 Å². The number of benzene rings is 2. The SMILES string of the molecule is COc1ccc2c(c1)C1CC1(NC(=O)N(C)CC1CCOCC1)Cn1c-2c(C2CCCCC2)c2ccc(C(=O)NS(=O)(=O)N(C)C)cc21. The van der Waals surface area contributed by atoms with Crippen LogP contribution in [0.5, 0.6) is 5.75 Å². The molecule has 1 saturated heterocycles. The minimum atomic E-state index is -3.97. The predicted molar refractivity (Wildman–Crippen MR) is 185 cm³/mol. The number of fused-ring (bicyclic) bond motifs is 7. The first-order chi connectivity index (χ1) is 23.0. The van der Waals surface area contributed by atoms with E-state index >= 15 is 0 Å². The fraction of sp³-hybridized carbons (Fsp3) is 0.556. The van der Waals surface area contributed by atoms with E-state index in [-0.39, 0.29) is 17.5 Å². The molecule has 3 fully saturated rings. The average molecular weight is 678 g/mol. The molecule has 2 aliphatic carbocycles. The molecular weight excluding hydrogens is 630 g/mol. The number of carbonyl (C=O) groups is 2. The first-order valence-electron chi connectivity index (χ1n) is 17.2. The van der Waals surface area contributed by atoms with Gasteiger partial charge in [0, 0.05) is 75.4 Å². The minimum absolute atomic E-state index is 0.0881. The van der Waals surface area contributed by atoms with E-state index in [4.69, 9.17) is 9.47 Å². The Morgan fingerprint density at radius 2 is 1.77 bits per heavy atom. The topological polar surface area (TPSA) is 122 Å². The highest BCUT2D eigenvalue weighted by molar-refractivity contribution is 7.87. The van der Waals surface area contributed by atoms with E-state index in [1.54, 1.807) is 13.2 Å². The number of carbonyl (C=O) groups excluding carboxylic acids is 2. The van der Waals surface area contributed by atoms with E-state index in [0.717, 1.165) is 95.9 Å². The molecule has 2 N–H and O–H groups in total. The quantitative estimate of drug-likeness (QED) is 0.338. The van der Waals surface area contributed by atoms with Gasteiger partial charge in [0.15, 0.2) is 0 Å². The third-order valence-corrected chi connectivity index (χ3v) is 12.5. The van der Waals surface area contributed by atoms with E-state index < -0.39 is 21.7 Å². The Hall–Kier alpha value is -3.61. The number of amides is 3. The van der Waals surface area contributed by atoms with Gasteiger partial charge in [0.1, 0.15) is 5.75 Å². The molecule has 3 aromatic rings. The summed E-state index contributed by atoms with van der Waals surface area (Å²) in [6.45, 7) is 2.68. The van der Waals surface area contributed by atoms with Crippen molar-refractivity contribution in [3.05, 3.63) is 53.1 Å². The zero-order valence-electron chi connectivity index (χ0n) is 28.4. The number of methoxy groups -OCH3 is 1. The van der Waals surface area contributed by atoms with Gasteiger partial charge in [-0.1, -0.05) is 25.3 Å². The van der Waals surface area contributed by atoms with Crippen molar-refractivity contribution in [2.45, 2.75) is 75.3 Å². The molecule has 2 aromatic carbocycles. The molecule has 0 radical (unpaired) electrons. The first kappa shape index (κ1) is 32.9. The number of hydrogen-bond acceptors (Lipinski definition) is 6. The van der Waals surface area contributed by atoms with E-state index in [9.17, 15) is 18.0 Å². The molecule has 0 spiro atoms. The maximum atomic E-state index is 13.9. The number of aromatic nitrogens is 1. The molecule has 258 valence electrons. The van der Waals surface area contributed by atoms with E-state index in [0.29, 0.717) is 24.9 Å². The molecule has 2 unspecified atom stereocenters. The highest BCUT2D eigenvalue weighted by Gasteiger charge is 2.59. The van der Waals surface area contributed by atoms with Gasteiger partial charge in [-0.3, -0.25) is 4.79 Å². The van der Waals surface area contributed by atoms with E-state index in [2.05, 4.69) is 26.7 Å². The summed E-state index contributed by atoms with van der Waals surface area (Å²) >= 11 is 0. The molecule has 2 atom stereocenters. The summed E-state index contributed by atoms with van der Waals surface area (Å²) in [7, 11) is 2.35. The van der Waals surface area contributed by atoms with E-state index in [1.165, 1.54) is 26.1 Å². The molecular formula is C36H47N5O6S. The molecule has 4 aliphatic rings. The largest absolute Gasteiger partial charge is 0.497 e. The second kappa shape index (κ2) is 12.7. The lowest BCUT2D eigenvalue weighted by Crippen LogP contribution is -2.48. The second-order valence-electron chi connectivity index (χ2n) is 14.4. The molecule has 12 heteroatoms. The van der Waals surface area contributed by atoms with E-state index in [1.807, 2.05) is 30.1 Å². The molecule has 3 heterocycles. The first-order valence-corrected chi connectivity index (χ1v) is 18.7. The molecule has 2 aliphatic heterocycles. The maximum Gasteiger partial charge on any atom is 0.317 e. The summed E-state index contributed by atoms with van der Waals surface area (Å²) in [4.78, 5) is 29.0. The lowest BCUT2D eigenvalue weighted by molar-refractivity contribution is 0.0584. The van der Waals surface area contributed by atoms with Crippen molar-refractivity contribution in [3.8, 4) is 17.0 Å². The van der Waals surface area contributed by atoms with Crippen molar-refractivity contribution in [3.63, 3.8) is 0 Å². The molecule has 11 nitrogen and oxygen atoms in total. The van der Waals surface area contributed by atoms with Crippen molar-refractivity contribution < 1.29 is 27.5 Å². The van der Waals surface area contributed by atoms with Crippen LogP contribution < -0.4 is 14.8 Å². The average Bonchev–Trinajstić information content (AvgIpc) is 3.71. The standard InChI is InChI=1S/C36H47N5O6S/c1-39(2)48(44,45)38-34(42)25-10-12-28-31(18-25)41-22-36(37-35(43)40(3)21-23-14-16-47-17-15-23)20-30(36)29-19-26(46-4)11-13-27(29)33(41)32(28)24-8-6-5-7-9-24/h10-13,18-19,23-24,30H,5-9,14-17,20-22H2,1-4H3,(H,37,43)(H,38,42). The molecule has 2 saturated carbocycles. The summed E-state index contributed by atoms with van der Waals surface area (Å²) in [6, 6.07) is 11.7. The highest BCUT2D eigenvalue weighted by atomic mass is 32.2. The predicted octanol–water partition coefficient (Wildman–Crippen LogP) is 5.21. The fourth-order valence-corrected chi connectivity index (χ4v) is 8.81. The molecule has 0 bridgehead atoms. The Bertz CT molecular complexity index is 1840. The summed E-state index contributed by atoms with van der Waals surface area (Å²) < 4.78 is 41.8. The van der Waals surface area contributed by atoms with Gasteiger partial charge in [-0.05, 0) is 85.4 Å². The van der Waals surface area contributed by atoms with Crippen LogP contribution >= 0.6 is 0 Å². The monoisotopic (exact) mass is 677 g/mol. The molecule has 1 aromatic heterocycles. The lowest BCUT2D eigenvalue weighted by Gasteiger charge is -2.29. The number of rotatable bonds is 8. The smallest absolute Gasteiger partial charge is 0.317 e. The van der Waals surface area contributed by atoms with Crippen LogP contribution in [-0.4, -0.2) is 87.7 Å². The minimum Gasteiger partial charge on any atom is -0.497 e. The van der Waals surface area contributed by atoms with Crippen LogP contribution in [0.4, 0.5) is 4.79 Å². The third-order valence-electron chi connectivity index (χ3n) is 11.1. The number of hydrogen-bond donors (Lipinski definition) is 2. The second-order valence-corrected chi connectivity index (χ2v) is 16.3. The lowest BCUT2D eigenvalue weighted by atomic mass is 9.81. The van der Waals surface area contributed by atoms with Gasteiger partial charge in [0.25, 0.3) is 5.91 Å². The van der Waals surface area contributed by atoms with Crippen molar-refractivity contribution >= 4 is 33.1 Å². The Labute approximate surface area is 283 Å². The third kappa shape index (κ3) is 5.96. The number of urea groups is 1. The summed E-state index contributed by atoms with van der Waals surface area (Å²) in [6.07, 6.45) is 8.41. The van der Waals surface area contributed by atoms with Gasteiger partial charge < -0.3 is 24.3 Å². The van der Waals surface area contributed by atoms with Gasteiger partial charge in [0.2, 0.25) is 0 Å². The highest BCUT2D eigenvalue weighted by Crippen LogP contribution is 2.60. The zero-order valence-corrected chi connectivity index (χ0v) is 29.2. The molecule has 7 rings (SSSR count). The number of nitrogens with zero attached hydrogens (tertiary/aromatic N) is 3. The summed E-state index contributed by atoms with van der Waals surface area (Å²) in [5.74, 6) is 0.962. The molecule has 48 heavy (non-hydrogen) atoms. The Morgan fingerprint density at radius 1 is 1.02 bits per heavy atom. The Morgan fingerprint density at radius 3 is 2.48 bits per heavy atom. The summed E-state index contributed by atoms with van der Waals surface area (Å²) in [5.41, 5.74) is 5.31. The van der Waals surface area contributed by atoms with Crippen LogP contribution in [0.25, 0.3) is 22.2 Å². The number of nitrogens with one attached hydrogen (secondary N) is 2. The Kier molecular flexibility index (Phi) is 8.70. The van der Waals surface area contributed by atoms with Gasteiger partial charge >= 0.3 is 16.2 Å². The normalized spacial score (nSPS) is 22.7. The molecule has 3 amide bonds. The Balaban J connectivity index is 1.34. The van der Waals surface area contributed by atoms with Crippen LogP contribution in [0.15, 0.2) is 36.4 Å². The van der Waals surface area contributed by atoms with Crippen LogP contribution in [0, 0.1) is 5.92 Å². The van der Waals surface area contributed by atoms with Gasteiger partial charge in [-0.15, -0.1) is 0 Å². The summed E-state index contributed by atoms with van der Waals surface area (Å²) in [5, 5.41) is 4.55. The van der Waals surface area contributed by atoms with Gasteiger partial charge in [-0.2, -0.15) is 12.7 Å². The van der Waals surface area contributed by atoms with Crippen LogP contribution in [0.2, 0.25) is 0 Å². The number of ether oxygens (including phenoxy) is 2. The fourth-order valence-electron chi connectivity index (χ4n) is 8.27. The van der Waals surface area contributed by atoms with Crippen molar-refractivity contribution in [1.29, 1.82) is 0 Å². The van der Waals surface area contributed by atoms with Crippen molar-refractivity contribution in [2.75, 3.05) is 48.0 Å². The van der Waals surface area contributed by atoms with Crippen molar-refractivity contribution in [1.82, 2.24) is 23.8 Å². The van der Waals surface area contributed by atoms with Crippen LogP contribution in [0.3, 0.4) is 0 Å². The van der Waals surface area contributed by atoms with Gasteiger partial charge in [-0.25, -0.2) is 9.52 Å². The zero-order chi connectivity index (χ0) is 33.8. The van der Waals surface area contributed by atoms with Gasteiger partial charge in [0.05, 0.1) is 18.3 Å². The van der Waals surface area contributed by atoms with Crippen LogP contribution in [-0.2, 0) is 21.5 Å². The van der Waals surface area contributed by atoms with Crippen LogP contribution in [0.1, 0.15) is 84.7 Å².